The van der Waals surface area contributed by atoms with Crippen molar-refractivity contribution in [3.05, 3.63) is 68.7 Å². The Bertz CT molecular complexity index is 1010. The number of furan rings is 1. The molecule has 0 spiro atoms. The third-order valence-electron chi connectivity index (χ3n) is 3.28. The zero-order valence-electron chi connectivity index (χ0n) is 13.1. The van der Waals surface area contributed by atoms with E-state index < -0.39 is 4.92 Å². The van der Waals surface area contributed by atoms with Crippen LogP contribution in [-0.4, -0.2) is 26.0 Å². The van der Waals surface area contributed by atoms with Crippen molar-refractivity contribution in [2.75, 3.05) is 0 Å². The van der Waals surface area contributed by atoms with Crippen molar-refractivity contribution in [2.24, 2.45) is 5.10 Å². The first-order chi connectivity index (χ1) is 12.0. The van der Waals surface area contributed by atoms with Crippen LogP contribution in [0.25, 0.3) is 17.5 Å². The second-order valence-electron chi connectivity index (χ2n) is 5.09. The fourth-order valence-corrected chi connectivity index (χ4v) is 2.24. The van der Waals surface area contributed by atoms with E-state index in [0.29, 0.717) is 16.4 Å². The van der Waals surface area contributed by atoms with E-state index in [1.54, 1.807) is 12.2 Å². The summed E-state index contributed by atoms with van der Waals surface area (Å²) in [5.74, 6) is 0.631. The number of allylic oxidation sites excluding steroid dienone is 1. The van der Waals surface area contributed by atoms with Crippen molar-refractivity contribution in [2.45, 2.75) is 6.92 Å². The molecule has 0 unspecified atom stereocenters. The lowest BCUT2D eigenvalue weighted by molar-refractivity contribution is -0.402. The highest BCUT2D eigenvalue weighted by molar-refractivity contribution is 7.71. The van der Waals surface area contributed by atoms with Crippen LogP contribution in [0.4, 0.5) is 5.88 Å². The smallest absolute Gasteiger partial charge is 0.401 e. The monoisotopic (exact) mass is 355 g/mol. The van der Waals surface area contributed by atoms with Crippen LogP contribution in [0.15, 0.2) is 52.0 Å². The van der Waals surface area contributed by atoms with Crippen LogP contribution in [0.1, 0.15) is 11.3 Å². The molecule has 1 aromatic carbocycles. The molecule has 3 aromatic rings. The minimum atomic E-state index is -0.593. The molecule has 0 aliphatic carbocycles. The maximum atomic E-state index is 10.6. The van der Waals surface area contributed by atoms with Gasteiger partial charge in [-0.2, -0.15) is 14.9 Å². The highest BCUT2D eigenvalue weighted by Gasteiger charge is 2.09. The number of nitrogens with zero attached hydrogens (tertiary/aromatic N) is 4. The number of nitrogens with one attached hydrogen (secondary N) is 1. The Morgan fingerprint density at radius 3 is 2.76 bits per heavy atom. The van der Waals surface area contributed by atoms with E-state index in [2.05, 4.69) is 15.3 Å². The fourth-order valence-electron chi connectivity index (χ4n) is 2.06. The summed E-state index contributed by atoms with van der Waals surface area (Å²) in [6.45, 7) is 2.00. The molecule has 2 aromatic heterocycles. The molecule has 0 atom stereocenters. The molecule has 8 nitrogen and oxygen atoms in total. The van der Waals surface area contributed by atoms with E-state index in [-0.39, 0.29) is 5.88 Å². The summed E-state index contributed by atoms with van der Waals surface area (Å²) in [4.78, 5) is 9.97. The van der Waals surface area contributed by atoms with E-state index >= 15 is 0 Å². The standard InChI is InChI=1S/C16H13N5O3S/c1-11-4-6-12(7-5-11)15-18-19-16(25)20(15)17-10-2-3-13-8-9-14(24-13)21(22)23/h2-10H,1H3,(H,19,25)/b3-2+,17-10-. The van der Waals surface area contributed by atoms with Crippen molar-refractivity contribution < 1.29 is 9.34 Å². The van der Waals surface area contributed by atoms with Crippen LogP contribution >= 0.6 is 12.2 Å². The highest BCUT2D eigenvalue weighted by atomic mass is 32.1. The average molecular weight is 355 g/mol. The van der Waals surface area contributed by atoms with Crippen LogP contribution in [0.3, 0.4) is 0 Å². The Morgan fingerprint density at radius 1 is 1.32 bits per heavy atom. The average Bonchev–Trinajstić information content (AvgIpc) is 3.20. The SMILES string of the molecule is Cc1ccc(-c2n[nH]c(=S)n2/N=C\C=C\c2ccc([N+](=O)[O-])o2)cc1. The zero-order chi connectivity index (χ0) is 17.8. The molecule has 0 saturated carbocycles. The highest BCUT2D eigenvalue weighted by Crippen LogP contribution is 2.18. The molecule has 2 heterocycles. The van der Waals surface area contributed by atoms with E-state index in [1.165, 1.54) is 23.0 Å². The number of benzene rings is 1. The molecule has 0 aliphatic rings. The van der Waals surface area contributed by atoms with Crippen LogP contribution in [0, 0.1) is 21.8 Å². The third-order valence-corrected chi connectivity index (χ3v) is 3.55. The number of aryl methyl sites for hydroxylation is 1. The quantitative estimate of drug-likeness (QED) is 0.323. The summed E-state index contributed by atoms with van der Waals surface area (Å²) in [6, 6.07) is 10.6. The van der Waals surface area contributed by atoms with Crippen LogP contribution in [0.5, 0.6) is 0 Å². The van der Waals surface area contributed by atoms with Gasteiger partial charge in [0, 0.05) is 11.8 Å². The first-order valence-corrected chi connectivity index (χ1v) is 7.65. The lowest BCUT2D eigenvalue weighted by atomic mass is 10.1. The van der Waals surface area contributed by atoms with E-state index in [0.717, 1.165) is 11.1 Å². The van der Waals surface area contributed by atoms with Gasteiger partial charge in [-0.15, -0.1) is 0 Å². The van der Waals surface area contributed by atoms with Gasteiger partial charge in [0.25, 0.3) is 0 Å². The first-order valence-electron chi connectivity index (χ1n) is 7.24. The number of aromatic nitrogens is 3. The normalized spacial score (nSPS) is 11.6. The van der Waals surface area contributed by atoms with Gasteiger partial charge < -0.3 is 4.42 Å². The summed E-state index contributed by atoms with van der Waals surface area (Å²) in [5, 5.41) is 21.7. The number of H-pyrrole nitrogens is 1. The van der Waals surface area contributed by atoms with E-state index in [1.807, 2.05) is 31.2 Å². The van der Waals surface area contributed by atoms with Gasteiger partial charge in [-0.3, -0.25) is 10.1 Å². The molecule has 0 saturated heterocycles. The Hall–Kier alpha value is -3.33. The zero-order valence-corrected chi connectivity index (χ0v) is 13.9. The minimum Gasteiger partial charge on any atom is -0.401 e. The predicted octanol–water partition coefficient (Wildman–Crippen LogP) is 3.96. The molecular formula is C16H13N5O3S. The molecule has 25 heavy (non-hydrogen) atoms. The molecule has 0 fully saturated rings. The number of hydrogen-bond donors (Lipinski definition) is 1. The second kappa shape index (κ2) is 7.05. The molecule has 0 amide bonds. The summed E-state index contributed by atoms with van der Waals surface area (Å²) < 4.78 is 6.87. The maximum Gasteiger partial charge on any atom is 0.433 e. The van der Waals surface area contributed by atoms with Crippen molar-refractivity contribution in [3.8, 4) is 11.4 Å². The van der Waals surface area contributed by atoms with Crippen molar-refractivity contribution in [1.82, 2.24) is 14.9 Å². The van der Waals surface area contributed by atoms with Gasteiger partial charge >= 0.3 is 5.88 Å². The topological polar surface area (TPSA) is 102 Å². The Kier molecular flexibility index (Phi) is 4.66. The van der Waals surface area contributed by atoms with Crippen LogP contribution in [0.2, 0.25) is 0 Å². The number of rotatable bonds is 5. The third kappa shape index (κ3) is 3.78. The molecule has 3 rings (SSSR count). The van der Waals surface area contributed by atoms with Gasteiger partial charge in [0.15, 0.2) is 5.82 Å². The molecule has 0 bridgehead atoms. The molecule has 1 N–H and O–H groups in total. The van der Waals surface area contributed by atoms with Gasteiger partial charge in [-0.25, -0.2) is 5.10 Å². The first kappa shape index (κ1) is 16.5. The number of nitro groups is 1. The number of aromatic amines is 1. The minimum absolute atomic E-state index is 0.310. The molecule has 0 aliphatic heterocycles. The van der Waals surface area contributed by atoms with Crippen LogP contribution < -0.4 is 0 Å². The van der Waals surface area contributed by atoms with Gasteiger partial charge in [-0.05, 0) is 37.4 Å². The van der Waals surface area contributed by atoms with Crippen molar-refractivity contribution >= 4 is 30.4 Å². The molecule has 9 heteroatoms. The Labute approximate surface area is 147 Å². The van der Waals surface area contributed by atoms with Crippen molar-refractivity contribution in [3.63, 3.8) is 0 Å². The lowest BCUT2D eigenvalue weighted by Crippen LogP contribution is -1.93. The summed E-state index contributed by atoms with van der Waals surface area (Å²) in [7, 11) is 0. The Balaban J connectivity index is 1.80. The largest absolute Gasteiger partial charge is 0.433 e. The van der Waals surface area contributed by atoms with Crippen molar-refractivity contribution in [1.29, 1.82) is 0 Å². The molecule has 0 radical (unpaired) electrons. The Morgan fingerprint density at radius 2 is 2.08 bits per heavy atom. The summed E-state index contributed by atoms with van der Waals surface area (Å²) in [5.41, 5.74) is 2.02. The lowest BCUT2D eigenvalue weighted by Gasteiger charge is -2.00. The van der Waals surface area contributed by atoms with Gasteiger partial charge in [-0.1, -0.05) is 29.8 Å². The second-order valence-corrected chi connectivity index (χ2v) is 5.47. The molecular weight excluding hydrogens is 342 g/mol. The van der Waals surface area contributed by atoms with Gasteiger partial charge in [0.1, 0.15) is 10.7 Å². The maximum absolute atomic E-state index is 10.6. The van der Waals surface area contributed by atoms with E-state index in [4.69, 9.17) is 16.6 Å². The van der Waals surface area contributed by atoms with Gasteiger partial charge in [0.2, 0.25) is 4.77 Å². The van der Waals surface area contributed by atoms with Crippen LogP contribution in [-0.2, 0) is 0 Å². The van der Waals surface area contributed by atoms with Gasteiger partial charge in [0.05, 0.1) is 6.07 Å². The summed E-state index contributed by atoms with van der Waals surface area (Å²) in [6.07, 6.45) is 4.65. The molecule has 126 valence electrons. The fraction of sp³-hybridized carbons (Fsp3) is 0.0625. The summed E-state index contributed by atoms with van der Waals surface area (Å²) >= 11 is 5.19. The predicted molar refractivity (Wildman–Crippen MR) is 95.9 cm³/mol. The van der Waals surface area contributed by atoms with E-state index in [9.17, 15) is 10.1 Å². The number of hydrogen-bond acceptors (Lipinski definition) is 6.